The standard InChI is InChI=1S/C22H21ClN4O5S/c1-13(20(28)24-19-11-14(27(30)31)8-9-17(19)23)33-22-25-18-7-3-2-6-16(18)21(29)26(22)12-15-5-4-10-32-15/h2-3,6-9,11,13,15H,4-5,10,12H2,1H3,(H,24,28)/t13-,15-/m1/s1. The Bertz CT molecular complexity index is 1280. The van der Waals surface area contributed by atoms with Crippen molar-refractivity contribution in [3.05, 3.63) is 68.0 Å². The summed E-state index contributed by atoms with van der Waals surface area (Å²) in [7, 11) is 0. The fourth-order valence-corrected chi connectivity index (χ4v) is 4.64. The zero-order valence-corrected chi connectivity index (χ0v) is 19.3. The first-order chi connectivity index (χ1) is 15.8. The van der Waals surface area contributed by atoms with Crippen molar-refractivity contribution in [1.82, 2.24) is 9.55 Å². The van der Waals surface area contributed by atoms with Crippen LogP contribution in [0.3, 0.4) is 0 Å². The Morgan fingerprint density at radius 3 is 2.91 bits per heavy atom. The molecule has 2 atom stereocenters. The molecular weight excluding hydrogens is 468 g/mol. The molecule has 1 aliphatic rings. The number of nitro benzene ring substituents is 1. The van der Waals surface area contributed by atoms with Gasteiger partial charge in [0, 0.05) is 18.7 Å². The fraction of sp³-hybridized carbons (Fsp3) is 0.318. The number of amides is 1. The predicted octanol–water partition coefficient (Wildman–Crippen LogP) is 4.26. The van der Waals surface area contributed by atoms with E-state index in [1.54, 1.807) is 35.8 Å². The van der Waals surface area contributed by atoms with Crippen molar-refractivity contribution >= 4 is 51.5 Å². The van der Waals surface area contributed by atoms with Crippen molar-refractivity contribution in [3.63, 3.8) is 0 Å². The molecule has 0 bridgehead atoms. The van der Waals surface area contributed by atoms with E-state index in [0.29, 0.717) is 29.2 Å². The number of ether oxygens (including phenoxy) is 1. The van der Waals surface area contributed by atoms with E-state index in [-0.39, 0.29) is 28.1 Å². The summed E-state index contributed by atoms with van der Waals surface area (Å²) in [6.07, 6.45) is 1.70. The molecule has 1 aliphatic heterocycles. The molecule has 1 aromatic heterocycles. The smallest absolute Gasteiger partial charge is 0.271 e. The number of benzene rings is 2. The van der Waals surface area contributed by atoms with E-state index in [2.05, 4.69) is 10.3 Å². The number of hydrogen-bond acceptors (Lipinski definition) is 7. The molecule has 1 fully saturated rings. The van der Waals surface area contributed by atoms with Crippen LogP contribution in [0.25, 0.3) is 10.9 Å². The van der Waals surface area contributed by atoms with Crippen LogP contribution < -0.4 is 10.9 Å². The highest BCUT2D eigenvalue weighted by atomic mass is 35.5. The van der Waals surface area contributed by atoms with E-state index in [4.69, 9.17) is 16.3 Å². The van der Waals surface area contributed by atoms with Gasteiger partial charge in [-0.2, -0.15) is 0 Å². The number of carbonyl (C=O) groups excluding carboxylic acids is 1. The summed E-state index contributed by atoms with van der Waals surface area (Å²) in [6.45, 7) is 2.68. The maximum absolute atomic E-state index is 13.2. The number of fused-ring (bicyclic) bond motifs is 1. The summed E-state index contributed by atoms with van der Waals surface area (Å²) in [5.74, 6) is -0.423. The number of aromatic nitrogens is 2. The minimum Gasteiger partial charge on any atom is -0.376 e. The number of nitrogens with zero attached hydrogens (tertiary/aromatic N) is 3. The van der Waals surface area contributed by atoms with Crippen LogP contribution in [0, 0.1) is 10.1 Å². The molecule has 1 saturated heterocycles. The quantitative estimate of drug-likeness (QED) is 0.228. The van der Waals surface area contributed by atoms with Gasteiger partial charge in [-0.25, -0.2) is 4.98 Å². The van der Waals surface area contributed by atoms with Crippen LogP contribution in [-0.4, -0.2) is 38.3 Å². The lowest BCUT2D eigenvalue weighted by Gasteiger charge is -2.18. The molecule has 0 saturated carbocycles. The lowest BCUT2D eigenvalue weighted by molar-refractivity contribution is -0.384. The molecule has 9 nitrogen and oxygen atoms in total. The van der Waals surface area contributed by atoms with Crippen molar-refractivity contribution < 1.29 is 14.5 Å². The average Bonchev–Trinajstić information content (AvgIpc) is 3.31. The molecule has 1 N–H and O–H groups in total. The molecule has 11 heteroatoms. The second kappa shape index (κ2) is 9.90. The Morgan fingerprint density at radius 1 is 1.39 bits per heavy atom. The van der Waals surface area contributed by atoms with Gasteiger partial charge in [0.1, 0.15) is 0 Å². The molecule has 0 aliphatic carbocycles. The number of hydrogen-bond donors (Lipinski definition) is 1. The summed E-state index contributed by atoms with van der Waals surface area (Å²) < 4.78 is 7.27. The van der Waals surface area contributed by atoms with Gasteiger partial charge in [-0.05, 0) is 38.0 Å². The first kappa shape index (κ1) is 23.2. The highest BCUT2D eigenvalue weighted by Crippen LogP contribution is 2.29. The number of thioether (sulfide) groups is 1. The van der Waals surface area contributed by atoms with Gasteiger partial charge >= 0.3 is 0 Å². The van der Waals surface area contributed by atoms with Crippen molar-refractivity contribution in [2.75, 3.05) is 11.9 Å². The van der Waals surface area contributed by atoms with Gasteiger partial charge < -0.3 is 10.1 Å². The molecular formula is C22H21ClN4O5S. The topological polar surface area (TPSA) is 116 Å². The molecule has 2 aromatic carbocycles. The molecule has 0 unspecified atom stereocenters. The number of rotatable bonds is 7. The largest absolute Gasteiger partial charge is 0.376 e. The SMILES string of the molecule is C[C@@H](Sc1nc2ccccc2c(=O)n1C[C@H]1CCCO1)C(=O)Nc1cc([N+](=O)[O-])ccc1Cl. The minimum atomic E-state index is -0.663. The molecule has 0 radical (unpaired) electrons. The number of anilines is 1. The third-order valence-corrected chi connectivity index (χ3v) is 6.73. The molecule has 4 rings (SSSR count). The zero-order valence-electron chi connectivity index (χ0n) is 17.7. The Morgan fingerprint density at radius 2 is 2.18 bits per heavy atom. The average molecular weight is 489 g/mol. The van der Waals surface area contributed by atoms with Gasteiger partial charge in [-0.15, -0.1) is 0 Å². The minimum absolute atomic E-state index is 0.0854. The summed E-state index contributed by atoms with van der Waals surface area (Å²) >= 11 is 7.23. The molecule has 33 heavy (non-hydrogen) atoms. The lowest BCUT2D eigenvalue weighted by Crippen LogP contribution is -2.30. The number of carbonyl (C=O) groups is 1. The number of nitro groups is 1. The van der Waals surface area contributed by atoms with Crippen LogP contribution in [0.4, 0.5) is 11.4 Å². The second-order valence-corrected chi connectivity index (χ2v) is 9.35. The molecule has 2 heterocycles. The van der Waals surface area contributed by atoms with Crippen LogP contribution in [0.1, 0.15) is 19.8 Å². The van der Waals surface area contributed by atoms with Crippen molar-refractivity contribution in [2.24, 2.45) is 0 Å². The van der Waals surface area contributed by atoms with Crippen LogP contribution in [-0.2, 0) is 16.1 Å². The van der Waals surface area contributed by atoms with Crippen LogP contribution in [0.5, 0.6) is 0 Å². The lowest BCUT2D eigenvalue weighted by atomic mass is 10.2. The third kappa shape index (κ3) is 5.18. The highest BCUT2D eigenvalue weighted by Gasteiger charge is 2.24. The van der Waals surface area contributed by atoms with Crippen LogP contribution in [0.15, 0.2) is 52.4 Å². The summed E-state index contributed by atoms with van der Waals surface area (Å²) in [5.41, 5.74) is 0.319. The van der Waals surface area contributed by atoms with Gasteiger partial charge in [0.05, 0.1) is 44.4 Å². The van der Waals surface area contributed by atoms with E-state index >= 15 is 0 Å². The Kier molecular flexibility index (Phi) is 6.96. The number of para-hydroxylation sites is 1. The van der Waals surface area contributed by atoms with Crippen LogP contribution in [0.2, 0.25) is 5.02 Å². The van der Waals surface area contributed by atoms with Crippen LogP contribution >= 0.6 is 23.4 Å². The molecule has 3 aromatic rings. The maximum Gasteiger partial charge on any atom is 0.271 e. The van der Waals surface area contributed by atoms with Crippen molar-refractivity contribution in [3.8, 4) is 0 Å². The Labute approximate surface area is 198 Å². The third-order valence-electron chi connectivity index (χ3n) is 5.31. The summed E-state index contributed by atoms with van der Waals surface area (Å²) in [4.78, 5) is 41.2. The van der Waals surface area contributed by atoms with E-state index in [9.17, 15) is 19.7 Å². The maximum atomic E-state index is 13.2. The first-order valence-corrected chi connectivity index (χ1v) is 11.6. The summed E-state index contributed by atoms with van der Waals surface area (Å²) in [5, 5.41) is 14.1. The molecule has 0 spiro atoms. The number of halogens is 1. The van der Waals surface area contributed by atoms with Gasteiger partial charge in [0.15, 0.2) is 5.16 Å². The van der Waals surface area contributed by atoms with Gasteiger partial charge in [0.25, 0.3) is 11.2 Å². The van der Waals surface area contributed by atoms with E-state index in [1.165, 1.54) is 18.2 Å². The Balaban J connectivity index is 1.61. The van der Waals surface area contributed by atoms with E-state index in [0.717, 1.165) is 24.6 Å². The van der Waals surface area contributed by atoms with Gasteiger partial charge in [0.2, 0.25) is 5.91 Å². The fourth-order valence-electron chi connectivity index (χ4n) is 3.56. The van der Waals surface area contributed by atoms with E-state index in [1.807, 2.05) is 0 Å². The van der Waals surface area contributed by atoms with E-state index < -0.39 is 16.1 Å². The zero-order chi connectivity index (χ0) is 23.5. The number of non-ortho nitro benzene ring substituents is 1. The van der Waals surface area contributed by atoms with Gasteiger partial charge in [-0.1, -0.05) is 35.5 Å². The summed E-state index contributed by atoms with van der Waals surface area (Å²) in [6, 6.07) is 10.9. The second-order valence-electron chi connectivity index (χ2n) is 7.63. The normalized spacial score (nSPS) is 16.6. The highest BCUT2D eigenvalue weighted by molar-refractivity contribution is 8.00. The van der Waals surface area contributed by atoms with Crippen molar-refractivity contribution in [2.45, 2.75) is 42.8 Å². The Hall–Kier alpha value is -2.95. The molecule has 172 valence electrons. The molecule has 1 amide bonds. The number of nitrogens with one attached hydrogen (secondary N) is 1. The monoisotopic (exact) mass is 488 g/mol. The van der Waals surface area contributed by atoms with Gasteiger partial charge in [-0.3, -0.25) is 24.3 Å². The first-order valence-electron chi connectivity index (χ1n) is 10.4. The van der Waals surface area contributed by atoms with Crippen molar-refractivity contribution in [1.29, 1.82) is 0 Å². The predicted molar refractivity (Wildman–Crippen MR) is 127 cm³/mol.